The molecule has 2 atom stereocenters. The number of anilines is 2. The number of nitrogens with zero attached hydrogens (tertiary/aromatic N) is 3. The van der Waals surface area contributed by atoms with Crippen molar-refractivity contribution in [2.45, 2.75) is 32.2 Å². The Morgan fingerprint density at radius 3 is 2.64 bits per heavy atom. The molecule has 130 valence electrons. The quantitative estimate of drug-likeness (QED) is 0.875. The van der Waals surface area contributed by atoms with Crippen LogP contribution in [0.1, 0.15) is 25.7 Å². The van der Waals surface area contributed by atoms with Crippen LogP contribution in [-0.2, 0) is 16.1 Å². The second-order valence-electron chi connectivity index (χ2n) is 6.84. The Morgan fingerprint density at radius 2 is 1.92 bits per heavy atom. The molecular formula is C18H21N5O2. The Kier molecular flexibility index (Phi) is 4.21. The molecule has 2 saturated carbocycles. The average Bonchev–Trinajstić information content (AvgIpc) is 3.20. The SMILES string of the molecule is O=C(Cn1cc(NC(=O)C2C3CCCCC32)cn1)Nc1cccnc1. The Bertz CT molecular complexity index is 761. The fourth-order valence-corrected chi connectivity index (χ4v) is 3.91. The summed E-state index contributed by atoms with van der Waals surface area (Å²) in [7, 11) is 0. The highest BCUT2D eigenvalue weighted by molar-refractivity contribution is 5.95. The monoisotopic (exact) mass is 339 g/mol. The van der Waals surface area contributed by atoms with E-state index in [1.165, 1.54) is 30.4 Å². The zero-order valence-electron chi connectivity index (χ0n) is 13.9. The predicted octanol–water partition coefficient (Wildman–Crippen LogP) is 2.29. The summed E-state index contributed by atoms with van der Waals surface area (Å²) in [5.41, 5.74) is 1.28. The van der Waals surface area contributed by atoms with Gasteiger partial charge in [-0.25, -0.2) is 0 Å². The standard InChI is InChI=1S/C18H21N5O2/c24-16(21-12-4-3-7-19-8-12)11-23-10-13(9-20-23)22-18(25)17-14-5-1-2-6-15(14)17/h3-4,7-10,14-15,17H,1-2,5-6,11H2,(H,21,24)(H,22,25). The third-order valence-corrected chi connectivity index (χ3v) is 5.11. The van der Waals surface area contributed by atoms with E-state index in [9.17, 15) is 9.59 Å². The molecule has 0 spiro atoms. The van der Waals surface area contributed by atoms with Crippen LogP contribution in [0.5, 0.6) is 0 Å². The maximum atomic E-state index is 12.4. The normalized spacial score (nSPS) is 24.2. The van der Waals surface area contributed by atoms with Gasteiger partial charge >= 0.3 is 0 Å². The molecule has 2 amide bonds. The molecule has 2 aromatic heterocycles. The first-order chi connectivity index (χ1) is 12.2. The molecule has 0 aromatic carbocycles. The van der Waals surface area contributed by atoms with Crippen molar-refractivity contribution in [3.05, 3.63) is 36.9 Å². The summed E-state index contributed by atoms with van der Waals surface area (Å²) >= 11 is 0. The highest BCUT2D eigenvalue weighted by Gasteiger charge is 2.54. The fourth-order valence-electron chi connectivity index (χ4n) is 3.91. The van der Waals surface area contributed by atoms with Crippen LogP contribution in [0.25, 0.3) is 0 Å². The Balaban J connectivity index is 1.30. The van der Waals surface area contributed by atoms with Gasteiger partial charge in [0.1, 0.15) is 6.54 Å². The molecule has 7 heteroatoms. The maximum absolute atomic E-state index is 12.4. The van der Waals surface area contributed by atoms with Crippen molar-refractivity contribution in [2.75, 3.05) is 10.6 Å². The maximum Gasteiger partial charge on any atom is 0.246 e. The number of pyridine rings is 1. The second kappa shape index (κ2) is 6.66. The van der Waals surface area contributed by atoms with Crippen LogP contribution in [0.15, 0.2) is 36.9 Å². The number of fused-ring (bicyclic) bond motifs is 1. The van der Waals surface area contributed by atoms with Crippen molar-refractivity contribution in [1.82, 2.24) is 14.8 Å². The number of carbonyl (C=O) groups is 2. The van der Waals surface area contributed by atoms with Crippen molar-refractivity contribution in [3.8, 4) is 0 Å². The number of amides is 2. The molecule has 2 heterocycles. The lowest BCUT2D eigenvalue weighted by Crippen LogP contribution is -2.19. The van der Waals surface area contributed by atoms with E-state index in [-0.39, 0.29) is 24.3 Å². The van der Waals surface area contributed by atoms with Gasteiger partial charge in [0, 0.05) is 18.3 Å². The van der Waals surface area contributed by atoms with Gasteiger partial charge in [-0.15, -0.1) is 0 Å². The third kappa shape index (κ3) is 3.55. The Hall–Kier alpha value is -2.70. The molecule has 0 radical (unpaired) electrons. The minimum atomic E-state index is -0.192. The van der Waals surface area contributed by atoms with Crippen molar-refractivity contribution in [2.24, 2.45) is 17.8 Å². The molecule has 2 aromatic rings. The van der Waals surface area contributed by atoms with Crippen molar-refractivity contribution in [3.63, 3.8) is 0 Å². The van der Waals surface area contributed by atoms with E-state index in [0.29, 0.717) is 23.2 Å². The molecule has 2 aliphatic rings. The van der Waals surface area contributed by atoms with Gasteiger partial charge in [0.25, 0.3) is 0 Å². The van der Waals surface area contributed by atoms with E-state index in [4.69, 9.17) is 0 Å². The minimum Gasteiger partial charge on any atom is -0.323 e. The van der Waals surface area contributed by atoms with Gasteiger partial charge in [-0.05, 0) is 36.8 Å². The number of nitrogens with one attached hydrogen (secondary N) is 2. The highest BCUT2D eigenvalue weighted by atomic mass is 16.2. The minimum absolute atomic E-state index is 0.0828. The van der Waals surface area contributed by atoms with Crippen LogP contribution in [0.3, 0.4) is 0 Å². The second-order valence-corrected chi connectivity index (χ2v) is 6.84. The first kappa shape index (κ1) is 15.8. The molecule has 2 aliphatic carbocycles. The topological polar surface area (TPSA) is 88.9 Å². The van der Waals surface area contributed by atoms with Gasteiger partial charge in [-0.1, -0.05) is 12.8 Å². The summed E-state index contributed by atoms with van der Waals surface area (Å²) in [5.74, 6) is 1.22. The van der Waals surface area contributed by atoms with Gasteiger partial charge in [0.05, 0.1) is 23.8 Å². The van der Waals surface area contributed by atoms with E-state index in [2.05, 4.69) is 20.7 Å². The van der Waals surface area contributed by atoms with Crippen molar-refractivity contribution in [1.29, 1.82) is 0 Å². The number of carbonyl (C=O) groups excluding carboxylic acids is 2. The summed E-state index contributed by atoms with van der Waals surface area (Å²) in [6.07, 6.45) is 11.3. The number of hydrogen-bond donors (Lipinski definition) is 2. The molecule has 4 rings (SSSR count). The molecule has 25 heavy (non-hydrogen) atoms. The van der Waals surface area contributed by atoms with Crippen LogP contribution in [0.4, 0.5) is 11.4 Å². The van der Waals surface area contributed by atoms with Crippen LogP contribution >= 0.6 is 0 Å². The smallest absolute Gasteiger partial charge is 0.246 e. The molecule has 0 aliphatic heterocycles. The van der Waals surface area contributed by atoms with Gasteiger partial charge < -0.3 is 10.6 Å². The van der Waals surface area contributed by atoms with E-state index in [0.717, 1.165) is 0 Å². The van der Waals surface area contributed by atoms with E-state index < -0.39 is 0 Å². The fraction of sp³-hybridized carbons (Fsp3) is 0.444. The van der Waals surface area contributed by atoms with E-state index >= 15 is 0 Å². The molecule has 0 saturated heterocycles. The van der Waals surface area contributed by atoms with E-state index in [1.807, 2.05) is 0 Å². The number of rotatable bonds is 5. The average molecular weight is 339 g/mol. The van der Waals surface area contributed by atoms with E-state index in [1.54, 1.807) is 36.9 Å². The predicted molar refractivity (Wildman–Crippen MR) is 92.7 cm³/mol. The molecule has 0 bridgehead atoms. The Labute approximate surface area is 145 Å². The van der Waals surface area contributed by atoms with Crippen LogP contribution in [0, 0.1) is 17.8 Å². The lowest BCUT2D eigenvalue weighted by Gasteiger charge is -2.04. The first-order valence-electron chi connectivity index (χ1n) is 8.74. The molecular weight excluding hydrogens is 318 g/mol. The lowest BCUT2D eigenvalue weighted by atomic mass is 10.0. The van der Waals surface area contributed by atoms with Gasteiger partial charge in [0.15, 0.2) is 0 Å². The molecule has 2 fully saturated rings. The molecule has 2 N–H and O–H groups in total. The van der Waals surface area contributed by atoms with Crippen molar-refractivity contribution >= 4 is 23.2 Å². The van der Waals surface area contributed by atoms with Crippen molar-refractivity contribution < 1.29 is 9.59 Å². The van der Waals surface area contributed by atoms with Crippen LogP contribution < -0.4 is 10.6 Å². The summed E-state index contributed by atoms with van der Waals surface area (Å²) in [5, 5.41) is 9.84. The summed E-state index contributed by atoms with van der Waals surface area (Å²) in [6, 6.07) is 3.53. The number of hydrogen-bond acceptors (Lipinski definition) is 4. The zero-order chi connectivity index (χ0) is 17.2. The van der Waals surface area contributed by atoms with Crippen LogP contribution in [-0.4, -0.2) is 26.6 Å². The van der Waals surface area contributed by atoms with Crippen LogP contribution in [0.2, 0.25) is 0 Å². The Morgan fingerprint density at radius 1 is 1.12 bits per heavy atom. The molecule has 7 nitrogen and oxygen atoms in total. The summed E-state index contributed by atoms with van der Waals surface area (Å²) < 4.78 is 1.52. The summed E-state index contributed by atoms with van der Waals surface area (Å²) in [6.45, 7) is 0.0828. The lowest BCUT2D eigenvalue weighted by molar-refractivity contribution is -0.118. The molecule has 2 unspecified atom stereocenters. The van der Waals surface area contributed by atoms with Gasteiger partial charge in [-0.3, -0.25) is 19.3 Å². The first-order valence-corrected chi connectivity index (χ1v) is 8.74. The highest BCUT2D eigenvalue weighted by Crippen LogP contribution is 2.55. The largest absolute Gasteiger partial charge is 0.323 e. The zero-order valence-corrected chi connectivity index (χ0v) is 13.9. The number of aromatic nitrogens is 3. The van der Waals surface area contributed by atoms with Gasteiger partial charge in [0.2, 0.25) is 11.8 Å². The van der Waals surface area contributed by atoms with Gasteiger partial charge in [-0.2, -0.15) is 5.10 Å². The third-order valence-electron chi connectivity index (χ3n) is 5.11. The summed E-state index contributed by atoms with van der Waals surface area (Å²) in [4.78, 5) is 28.3.